The molecule has 1 heterocycles. The van der Waals surface area contributed by atoms with E-state index in [0.717, 1.165) is 11.1 Å². The first-order valence-corrected chi connectivity index (χ1v) is 16.3. The summed E-state index contributed by atoms with van der Waals surface area (Å²) in [6.45, 7) is 6.38. The number of ether oxygens (including phenoxy) is 1. The first-order valence-electron chi connectivity index (χ1n) is 14.6. The molecule has 3 rings (SSSR count). The van der Waals surface area contributed by atoms with Crippen LogP contribution in [0.3, 0.4) is 0 Å². The normalized spacial score (nSPS) is 19.1. The average Bonchev–Trinajstić information content (AvgIpc) is 3.46. The third-order valence-electron chi connectivity index (χ3n) is 7.67. The van der Waals surface area contributed by atoms with Crippen molar-refractivity contribution in [1.82, 2.24) is 15.5 Å². The number of carbonyl (C=O) groups excluding carboxylic acids is 3. The lowest BCUT2D eigenvalue weighted by Gasteiger charge is -2.43. The van der Waals surface area contributed by atoms with Crippen LogP contribution in [0, 0.1) is 15.7 Å². The van der Waals surface area contributed by atoms with Gasteiger partial charge in [0.05, 0.1) is 23.1 Å². The molecule has 0 saturated carbocycles. The van der Waals surface area contributed by atoms with Gasteiger partial charge in [-0.05, 0) is 57.7 Å². The molecular weight excluding hydrogens is 600 g/mol. The Morgan fingerprint density at radius 2 is 1.62 bits per heavy atom. The SMILES string of the molecule is CS(=O)C[C@H](NC(=O)OCc1ccccc1)C(=O)N[C@@H](Cc1ccccc1)[C@H](O)C[C@@]1(C(=O)[NH+]=O)CCCN1C(C)(C)C.N#N. The van der Waals surface area contributed by atoms with Gasteiger partial charge in [-0.1, -0.05) is 60.7 Å². The number of alkyl carbamates (subject to hydrolysis) is 1. The van der Waals surface area contributed by atoms with Crippen LogP contribution in [0.25, 0.3) is 0 Å². The fourth-order valence-corrected chi connectivity index (χ4v) is 6.44. The summed E-state index contributed by atoms with van der Waals surface area (Å²) in [5.74, 6) is -1.57. The maximum atomic E-state index is 13.6. The maximum Gasteiger partial charge on any atom is 0.450 e. The summed E-state index contributed by atoms with van der Waals surface area (Å²) < 4.78 is 17.4. The van der Waals surface area contributed by atoms with E-state index in [0.29, 0.717) is 19.4 Å². The van der Waals surface area contributed by atoms with E-state index < -0.39 is 58.0 Å². The molecule has 0 radical (unpaired) electrons. The number of benzene rings is 2. The van der Waals surface area contributed by atoms with Crippen LogP contribution in [0.15, 0.2) is 60.7 Å². The quantitative estimate of drug-likeness (QED) is 0.229. The molecule has 0 aromatic heterocycles. The molecule has 3 amide bonds. The molecule has 4 N–H and O–H groups in total. The first kappa shape index (κ1) is 37.1. The summed E-state index contributed by atoms with van der Waals surface area (Å²) in [6, 6.07) is 16.1. The Morgan fingerprint density at radius 3 is 2.16 bits per heavy atom. The van der Waals surface area contributed by atoms with Crippen molar-refractivity contribution in [2.45, 2.75) is 82.3 Å². The van der Waals surface area contributed by atoms with Gasteiger partial charge in [-0.25, -0.2) is 9.59 Å². The van der Waals surface area contributed by atoms with Crippen molar-refractivity contribution in [3.63, 3.8) is 0 Å². The molecule has 1 saturated heterocycles. The number of rotatable bonds is 13. The van der Waals surface area contributed by atoms with Crippen LogP contribution in [0.4, 0.5) is 4.79 Å². The van der Waals surface area contributed by atoms with Gasteiger partial charge >= 0.3 is 12.0 Å². The van der Waals surface area contributed by atoms with Crippen LogP contribution in [0.2, 0.25) is 0 Å². The van der Waals surface area contributed by atoms with Crippen molar-refractivity contribution in [1.29, 1.82) is 10.8 Å². The predicted octanol–water partition coefficient (Wildman–Crippen LogP) is 1.18. The van der Waals surface area contributed by atoms with Gasteiger partial charge in [0.25, 0.3) is 0 Å². The van der Waals surface area contributed by atoms with Crippen LogP contribution in [-0.2, 0) is 38.2 Å². The Bertz CT molecular complexity index is 1320. The molecule has 14 heteroatoms. The Hall–Kier alpha value is -4.06. The van der Waals surface area contributed by atoms with Crippen molar-refractivity contribution in [2.24, 2.45) is 0 Å². The smallest absolute Gasteiger partial charge is 0.445 e. The van der Waals surface area contributed by atoms with Crippen LogP contribution in [-0.4, -0.2) is 79.9 Å². The van der Waals surface area contributed by atoms with Crippen LogP contribution in [0.1, 0.15) is 51.2 Å². The van der Waals surface area contributed by atoms with Crippen molar-refractivity contribution >= 4 is 28.7 Å². The lowest BCUT2D eigenvalue weighted by atomic mass is 9.82. The van der Waals surface area contributed by atoms with E-state index in [1.807, 2.05) is 74.2 Å². The zero-order valence-electron chi connectivity index (χ0n) is 26.1. The molecular formula is C31H43N6O7S+. The van der Waals surface area contributed by atoms with E-state index in [2.05, 4.69) is 10.6 Å². The predicted molar refractivity (Wildman–Crippen MR) is 166 cm³/mol. The van der Waals surface area contributed by atoms with E-state index in [-0.39, 0.29) is 25.2 Å². The van der Waals surface area contributed by atoms with E-state index in [4.69, 9.17) is 15.5 Å². The highest BCUT2D eigenvalue weighted by Crippen LogP contribution is 2.39. The minimum Gasteiger partial charge on any atom is -0.445 e. The monoisotopic (exact) mass is 643 g/mol. The first-order chi connectivity index (χ1) is 21.4. The molecule has 0 bridgehead atoms. The second-order valence-electron chi connectivity index (χ2n) is 12.0. The fraction of sp³-hybridized carbons (Fsp3) is 0.516. The molecule has 5 atom stereocenters. The Balaban J connectivity index is 0.00000345. The minimum absolute atomic E-state index is 0.0142. The number of nitrogens with one attached hydrogen (secondary N) is 3. The molecule has 0 aliphatic carbocycles. The number of likely N-dealkylation sites (tertiary alicyclic amines) is 1. The zero-order chi connectivity index (χ0) is 33.6. The summed E-state index contributed by atoms with van der Waals surface area (Å²) in [4.78, 5) is 52.9. The zero-order valence-corrected chi connectivity index (χ0v) is 26.9. The largest absolute Gasteiger partial charge is 0.450 e. The van der Waals surface area contributed by atoms with Crippen molar-refractivity contribution in [3.8, 4) is 0 Å². The lowest BCUT2D eigenvalue weighted by Crippen LogP contribution is -2.81. The molecule has 2 aromatic carbocycles. The summed E-state index contributed by atoms with van der Waals surface area (Å²) in [6.07, 6.45) is 0.445. The lowest BCUT2D eigenvalue weighted by molar-refractivity contribution is -0.409. The molecule has 1 aliphatic rings. The van der Waals surface area contributed by atoms with Gasteiger partial charge in [-0.15, -0.1) is 0 Å². The van der Waals surface area contributed by atoms with Gasteiger partial charge in [0.2, 0.25) is 5.91 Å². The van der Waals surface area contributed by atoms with Crippen LogP contribution < -0.4 is 15.8 Å². The molecule has 1 fully saturated rings. The van der Waals surface area contributed by atoms with E-state index >= 15 is 0 Å². The van der Waals surface area contributed by atoms with E-state index in [1.54, 1.807) is 17.3 Å². The number of hydrogen-bond acceptors (Lipinski definition) is 10. The van der Waals surface area contributed by atoms with Gasteiger partial charge in [-0.3, -0.25) is 13.9 Å². The molecule has 244 valence electrons. The summed E-state index contributed by atoms with van der Waals surface area (Å²) in [5, 5.41) is 30.5. The Morgan fingerprint density at radius 1 is 1.04 bits per heavy atom. The number of amides is 3. The standard InChI is InChI=1S/C31H42N4O7S.N2/c1-30(2,3)35-17-11-16-31(35,28(38)34-40)19-26(36)24(18-22-12-7-5-8-13-22)32-27(37)25(21-43(4)41)33-29(39)42-20-23-14-9-6-10-15-23;1-2/h5-10,12-15,24-26,36H,11,16-21H2,1-4H3,(H,32,37)(H,33,39);/p+1/t24-,25-,26+,31+,43?;/m0./s1. The van der Waals surface area contributed by atoms with Gasteiger partial charge in [-0.2, -0.15) is 0 Å². The second kappa shape index (κ2) is 17.4. The molecule has 2 aromatic rings. The van der Waals surface area contributed by atoms with Crippen LogP contribution in [0.5, 0.6) is 0 Å². The summed E-state index contributed by atoms with van der Waals surface area (Å²) in [7, 11) is -1.46. The topological polar surface area (TPSA) is 204 Å². The van der Waals surface area contributed by atoms with E-state index in [9.17, 15) is 28.6 Å². The van der Waals surface area contributed by atoms with Gasteiger partial charge in [0, 0.05) is 44.7 Å². The van der Waals surface area contributed by atoms with Crippen molar-refractivity contribution in [3.05, 3.63) is 76.7 Å². The number of aliphatic hydroxyl groups is 1. The van der Waals surface area contributed by atoms with Crippen LogP contribution >= 0.6 is 0 Å². The highest BCUT2D eigenvalue weighted by Gasteiger charge is 2.56. The van der Waals surface area contributed by atoms with Gasteiger partial charge in [0.1, 0.15) is 12.6 Å². The molecule has 45 heavy (non-hydrogen) atoms. The highest BCUT2D eigenvalue weighted by atomic mass is 32.2. The number of hydrogen-bond donors (Lipinski definition) is 4. The fourth-order valence-electron chi connectivity index (χ4n) is 5.74. The van der Waals surface area contributed by atoms with Crippen molar-refractivity contribution in [2.75, 3.05) is 18.6 Å². The third kappa shape index (κ3) is 10.8. The van der Waals surface area contributed by atoms with Crippen molar-refractivity contribution < 1.29 is 33.6 Å². The average molecular weight is 644 g/mol. The minimum atomic E-state index is -1.46. The molecule has 1 unspecified atom stereocenters. The second-order valence-corrected chi connectivity index (χ2v) is 13.4. The number of aliphatic hydroxyl groups excluding tert-OH is 1. The number of nitroso groups, excluding NO2 is 1. The van der Waals surface area contributed by atoms with E-state index in [1.165, 1.54) is 6.26 Å². The molecule has 0 spiro atoms. The number of nitrogens with zero attached hydrogens (tertiary/aromatic N) is 3. The summed E-state index contributed by atoms with van der Waals surface area (Å²) in [5.41, 5.74) is -0.167. The van der Waals surface area contributed by atoms with Gasteiger partial charge < -0.3 is 20.5 Å². The number of carbonyl (C=O) groups is 3. The molecule has 1 aliphatic heterocycles. The Kier molecular flexibility index (Phi) is 14.4. The maximum absolute atomic E-state index is 13.6. The highest BCUT2D eigenvalue weighted by molar-refractivity contribution is 7.84. The Labute approximate surface area is 265 Å². The molecule has 13 nitrogen and oxygen atoms in total. The van der Waals surface area contributed by atoms with Gasteiger partial charge in [0.15, 0.2) is 5.54 Å². The summed E-state index contributed by atoms with van der Waals surface area (Å²) >= 11 is 0. The third-order valence-corrected chi connectivity index (χ3v) is 8.48.